The fraction of sp³-hybridized carbons (Fsp3) is 0.412. The van der Waals surface area contributed by atoms with Gasteiger partial charge in [0.05, 0.1) is 19.8 Å². The lowest BCUT2D eigenvalue weighted by Crippen LogP contribution is -2.03. The summed E-state index contributed by atoms with van der Waals surface area (Å²) in [7, 11) is 0. The summed E-state index contributed by atoms with van der Waals surface area (Å²) in [5.41, 5.74) is 0. The van der Waals surface area contributed by atoms with Crippen molar-refractivity contribution in [1.29, 1.82) is 0 Å². The fourth-order valence-electron chi connectivity index (χ4n) is 3.47. The predicted octanol–water partition coefficient (Wildman–Crippen LogP) is 12.8. The molecule has 0 aromatic heterocycles. The number of hydrogen-bond acceptors (Lipinski definition) is 8. The molecule has 326 valence electrons. The quantitative estimate of drug-likeness (QED) is 0.142. The summed E-state index contributed by atoms with van der Waals surface area (Å²) < 4.78 is 31.2. The Morgan fingerprint density at radius 2 is 0.525 bits per heavy atom. The highest BCUT2D eigenvalue weighted by Gasteiger charge is 2.24. The Hall–Kier alpha value is -5.02. The molecule has 3 aliphatic heterocycles. The number of hydrogen-bond donors (Lipinski definition) is 2. The molecule has 2 N–H and O–H groups in total. The zero-order chi connectivity index (χ0) is 43.6. The molecule has 0 spiro atoms. The summed E-state index contributed by atoms with van der Waals surface area (Å²) in [5, 5.41) is 17.3. The smallest absolute Gasteiger partial charge is 0.119 e. The zero-order valence-electron chi connectivity index (χ0n) is 37.1. The first-order chi connectivity index (χ1) is 28.8. The van der Waals surface area contributed by atoms with Gasteiger partial charge in [-0.3, -0.25) is 0 Å². The molecule has 3 saturated heterocycles. The van der Waals surface area contributed by atoms with Gasteiger partial charge in [0.2, 0.25) is 0 Å². The van der Waals surface area contributed by atoms with Gasteiger partial charge >= 0.3 is 0 Å². The van der Waals surface area contributed by atoms with Crippen LogP contribution in [0.5, 0.6) is 28.7 Å². The van der Waals surface area contributed by atoms with Gasteiger partial charge in [-0.05, 0) is 60.7 Å². The number of para-hydroxylation sites is 5. The Bertz CT molecular complexity index is 1350. The molecule has 0 radical (unpaired) electrons. The SMILES string of the molecule is CCC.CCC.CCC.CCC.Oc1ccccc1.Oc1ccccc1.c1ccc(OCC2CO2)cc1.c1ccc(OCC2CO2)cc1.c1ccc(OCC2CO2)cc1. The largest absolute Gasteiger partial charge is 0.508 e. The van der Waals surface area contributed by atoms with Crippen LogP contribution in [-0.4, -0.2) is 68.2 Å². The van der Waals surface area contributed by atoms with E-state index >= 15 is 0 Å². The number of epoxide rings is 3. The number of phenols is 2. The Labute approximate surface area is 357 Å². The van der Waals surface area contributed by atoms with Crippen molar-refractivity contribution in [2.24, 2.45) is 0 Å². The molecule has 5 aromatic rings. The molecule has 8 rings (SSSR count). The van der Waals surface area contributed by atoms with E-state index in [0.29, 0.717) is 49.6 Å². The lowest BCUT2D eigenvalue weighted by Gasteiger charge is -2.01. The maximum atomic E-state index is 8.63. The van der Waals surface area contributed by atoms with E-state index in [1.807, 2.05) is 103 Å². The van der Waals surface area contributed by atoms with Gasteiger partial charge in [-0.1, -0.05) is 172 Å². The molecule has 59 heavy (non-hydrogen) atoms. The van der Waals surface area contributed by atoms with Crippen LogP contribution in [0.3, 0.4) is 0 Å². The third-order valence-electron chi connectivity index (χ3n) is 6.26. The van der Waals surface area contributed by atoms with Crippen molar-refractivity contribution >= 4 is 0 Å². The maximum Gasteiger partial charge on any atom is 0.119 e. The van der Waals surface area contributed by atoms with Gasteiger partial charge in [0.1, 0.15) is 66.9 Å². The van der Waals surface area contributed by atoms with E-state index in [2.05, 4.69) is 55.4 Å². The standard InChI is InChI=1S/3C9H10O2.2C6H6O.4C3H8/c3*1-2-4-8(5-3-1)10-6-9-7-11-9;2*7-6-4-2-1-3-5-6;4*1-3-2/h3*1-5,9H,6-7H2;2*1-5,7H;4*3H2,1-2H3. The van der Waals surface area contributed by atoms with Crippen molar-refractivity contribution in [3.63, 3.8) is 0 Å². The molecule has 8 heteroatoms. The first kappa shape index (κ1) is 54.0. The van der Waals surface area contributed by atoms with E-state index in [0.717, 1.165) is 37.1 Å². The third-order valence-corrected chi connectivity index (χ3v) is 6.26. The number of aromatic hydroxyl groups is 2. The number of benzene rings is 5. The summed E-state index contributed by atoms with van der Waals surface area (Å²) in [6, 6.07) is 46.8. The van der Waals surface area contributed by atoms with Crippen molar-refractivity contribution in [3.05, 3.63) is 152 Å². The highest BCUT2D eigenvalue weighted by molar-refractivity contribution is 5.23. The summed E-state index contributed by atoms with van der Waals surface area (Å²) in [6.07, 6.45) is 6.03. The lowest BCUT2D eigenvalue weighted by molar-refractivity contribution is 0.263. The molecule has 0 saturated carbocycles. The normalized spacial score (nSPS) is 15.2. The van der Waals surface area contributed by atoms with Crippen molar-refractivity contribution in [1.82, 2.24) is 0 Å². The average Bonchev–Trinajstić information content (AvgIpc) is 4.11. The Balaban J connectivity index is 0.000000674. The van der Waals surface area contributed by atoms with Crippen molar-refractivity contribution in [2.75, 3.05) is 39.6 Å². The Morgan fingerprint density at radius 3 is 0.661 bits per heavy atom. The van der Waals surface area contributed by atoms with Crippen LogP contribution in [0, 0.1) is 0 Å². The van der Waals surface area contributed by atoms with E-state index in [-0.39, 0.29) is 0 Å². The van der Waals surface area contributed by atoms with Gasteiger partial charge in [-0.15, -0.1) is 0 Å². The topological polar surface area (TPSA) is 106 Å². The van der Waals surface area contributed by atoms with E-state index < -0.39 is 0 Å². The molecule has 0 aliphatic carbocycles. The third kappa shape index (κ3) is 39.6. The van der Waals surface area contributed by atoms with Gasteiger partial charge in [-0.25, -0.2) is 0 Å². The lowest BCUT2D eigenvalue weighted by atomic mass is 10.3. The second kappa shape index (κ2) is 39.8. The minimum atomic E-state index is 0.322. The van der Waals surface area contributed by atoms with Crippen LogP contribution >= 0.6 is 0 Å². The van der Waals surface area contributed by atoms with E-state index in [9.17, 15) is 0 Å². The van der Waals surface area contributed by atoms with Gasteiger partial charge < -0.3 is 38.6 Å². The number of phenolic OH excluding ortho intramolecular Hbond substituents is 2. The number of ether oxygens (including phenoxy) is 6. The fourth-order valence-corrected chi connectivity index (χ4v) is 3.47. The van der Waals surface area contributed by atoms with Gasteiger partial charge in [0.25, 0.3) is 0 Å². The number of rotatable bonds is 9. The molecule has 3 fully saturated rings. The summed E-state index contributed by atoms with van der Waals surface area (Å²) in [5.74, 6) is 3.40. The highest BCUT2D eigenvalue weighted by atomic mass is 16.6. The van der Waals surface area contributed by atoms with Crippen LogP contribution in [0.25, 0.3) is 0 Å². The van der Waals surface area contributed by atoms with E-state index in [1.165, 1.54) is 25.7 Å². The van der Waals surface area contributed by atoms with Crippen molar-refractivity contribution < 1.29 is 38.6 Å². The van der Waals surface area contributed by atoms with Crippen LogP contribution < -0.4 is 14.2 Å². The van der Waals surface area contributed by atoms with Gasteiger partial charge in [-0.2, -0.15) is 0 Å². The monoisotopic (exact) mass is 815 g/mol. The minimum absolute atomic E-state index is 0.322. The molecule has 3 heterocycles. The van der Waals surface area contributed by atoms with Gasteiger partial charge in [0.15, 0.2) is 0 Å². The zero-order valence-corrected chi connectivity index (χ0v) is 37.1. The van der Waals surface area contributed by atoms with Crippen LogP contribution in [0.2, 0.25) is 0 Å². The Morgan fingerprint density at radius 1 is 0.356 bits per heavy atom. The molecule has 3 unspecified atom stereocenters. The maximum absolute atomic E-state index is 8.63. The van der Waals surface area contributed by atoms with Crippen LogP contribution in [0.15, 0.2) is 152 Å². The summed E-state index contributed by atoms with van der Waals surface area (Å²) in [4.78, 5) is 0. The van der Waals surface area contributed by atoms with Crippen molar-refractivity contribution in [3.8, 4) is 28.7 Å². The summed E-state index contributed by atoms with van der Waals surface area (Å²) in [6.45, 7) is 21.6. The molecule has 3 atom stereocenters. The second-order valence-electron chi connectivity index (χ2n) is 13.2. The van der Waals surface area contributed by atoms with Crippen LogP contribution in [0.1, 0.15) is 81.1 Å². The average molecular weight is 815 g/mol. The minimum Gasteiger partial charge on any atom is -0.508 e. The molecule has 3 aliphatic rings. The first-order valence-corrected chi connectivity index (χ1v) is 21.2. The predicted molar refractivity (Wildman–Crippen MR) is 245 cm³/mol. The van der Waals surface area contributed by atoms with E-state index in [4.69, 9.17) is 38.6 Å². The van der Waals surface area contributed by atoms with Crippen LogP contribution in [0.4, 0.5) is 0 Å². The van der Waals surface area contributed by atoms with E-state index in [1.54, 1.807) is 48.5 Å². The molecule has 5 aromatic carbocycles. The van der Waals surface area contributed by atoms with Crippen molar-refractivity contribution in [2.45, 2.75) is 99.4 Å². The van der Waals surface area contributed by atoms with Gasteiger partial charge in [0, 0.05) is 0 Å². The Kier molecular flexibility index (Phi) is 36.4. The second-order valence-corrected chi connectivity index (χ2v) is 13.2. The molecule has 0 amide bonds. The molecular weight excluding hydrogens is 741 g/mol. The molecule has 8 nitrogen and oxygen atoms in total. The molecular formula is C51H74O8. The highest BCUT2D eigenvalue weighted by Crippen LogP contribution is 2.15. The molecule has 0 bridgehead atoms. The first-order valence-electron chi connectivity index (χ1n) is 21.2. The van der Waals surface area contributed by atoms with Crippen LogP contribution in [-0.2, 0) is 14.2 Å². The summed E-state index contributed by atoms with van der Waals surface area (Å²) >= 11 is 0.